The zero-order chi connectivity index (χ0) is 22.8. The van der Waals surface area contributed by atoms with Crippen LogP contribution in [0.2, 0.25) is 0 Å². The van der Waals surface area contributed by atoms with Gasteiger partial charge in [-0.3, -0.25) is 4.90 Å². The number of aliphatic hydroxyl groups excluding tert-OH is 3. The zero-order valence-electron chi connectivity index (χ0n) is 19.6. The molecule has 6 rings (SSSR count). The van der Waals surface area contributed by atoms with E-state index in [1.807, 2.05) is 0 Å². The Labute approximate surface area is 189 Å². The first-order chi connectivity index (χ1) is 15.3. The molecule has 0 aromatic heterocycles. The average molecular weight is 454 g/mol. The molecule has 0 aromatic rings. The van der Waals surface area contributed by atoms with Crippen LogP contribution in [0.25, 0.3) is 0 Å². The molecule has 10 unspecified atom stereocenters. The molecule has 5 saturated carbocycles. The van der Waals surface area contributed by atoms with Crippen LogP contribution in [0.1, 0.15) is 26.2 Å². The van der Waals surface area contributed by atoms with Gasteiger partial charge in [-0.05, 0) is 31.7 Å². The van der Waals surface area contributed by atoms with Gasteiger partial charge in [0.15, 0.2) is 0 Å². The molecule has 32 heavy (non-hydrogen) atoms. The second kappa shape index (κ2) is 6.88. The number of ether oxygens (including phenoxy) is 3. The number of rotatable bonds is 5. The number of hydrogen-bond acceptors (Lipinski definition) is 8. The summed E-state index contributed by atoms with van der Waals surface area (Å²) in [5.74, 6) is -1.29. The lowest BCUT2D eigenvalue weighted by atomic mass is 9.43. The highest BCUT2D eigenvalue weighted by Gasteiger charge is 2.87. The standard InChI is InChI=1S/C24H39NO7/c1-5-25-9-22(10-30-2)7-6-13(26)23-12-8-11-16(27)14(12)24(29,21(28)17(11)31-3)15(20(23)25)18(32-4)19(22)23/h11-21,26-29H,5-10H2,1-4H3/t11?,12?,13?,14?,15?,16?,17-,18?,19-,20?,21?,22+,23?,24-/m1/s1. The van der Waals surface area contributed by atoms with E-state index in [2.05, 4.69) is 11.8 Å². The summed E-state index contributed by atoms with van der Waals surface area (Å²) < 4.78 is 17.7. The van der Waals surface area contributed by atoms with Crippen LogP contribution in [-0.2, 0) is 14.2 Å². The van der Waals surface area contributed by atoms with E-state index >= 15 is 0 Å². The third-order valence-corrected chi connectivity index (χ3v) is 11.2. The van der Waals surface area contributed by atoms with Gasteiger partial charge in [0.2, 0.25) is 0 Å². The molecule has 182 valence electrons. The number of hydrogen-bond donors (Lipinski definition) is 4. The molecule has 0 aromatic carbocycles. The summed E-state index contributed by atoms with van der Waals surface area (Å²) in [4.78, 5) is 2.42. The molecule has 6 fully saturated rings. The summed E-state index contributed by atoms with van der Waals surface area (Å²) in [7, 11) is 4.98. The second-order valence-electron chi connectivity index (χ2n) is 11.6. The van der Waals surface area contributed by atoms with E-state index in [-0.39, 0.29) is 35.3 Å². The van der Waals surface area contributed by atoms with Crippen molar-refractivity contribution >= 4 is 0 Å². The minimum Gasteiger partial charge on any atom is -0.392 e. The third-order valence-electron chi connectivity index (χ3n) is 11.2. The van der Waals surface area contributed by atoms with Crippen LogP contribution in [0.15, 0.2) is 0 Å². The zero-order valence-corrected chi connectivity index (χ0v) is 19.6. The van der Waals surface area contributed by atoms with Crippen molar-refractivity contribution < 1.29 is 34.6 Å². The maximum Gasteiger partial charge on any atom is 0.110 e. The predicted molar refractivity (Wildman–Crippen MR) is 114 cm³/mol. The van der Waals surface area contributed by atoms with Gasteiger partial charge in [-0.25, -0.2) is 0 Å². The van der Waals surface area contributed by atoms with Gasteiger partial charge in [-0.15, -0.1) is 0 Å². The topological polar surface area (TPSA) is 112 Å². The van der Waals surface area contributed by atoms with Crippen molar-refractivity contribution in [3.8, 4) is 0 Å². The van der Waals surface area contributed by atoms with Crippen LogP contribution in [0.4, 0.5) is 0 Å². The quantitative estimate of drug-likeness (QED) is 0.440. The highest BCUT2D eigenvalue weighted by Crippen LogP contribution is 2.79. The molecule has 4 N–H and O–H groups in total. The molecule has 0 radical (unpaired) electrons. The number of likely N-dealkylation sites (tertiary alicyclic amines) is 1. The fourth-order valence-electron chi connectivity index (χ4n) is 10.7. The molecule has 1 saturated heterocycles. The van der Waals surface area contributed by atoms with Gasteiger partial charge in [-0.1, -0.05) is 6.92 Å². The summed E-state index contributed by atoms with van der Waals surface area (Å²) in [6, 6.07) is -0.120. The van der Waals surface area contributed by atoms with E-state index in [0.29, 0.717) is 19.4 Å². The molecule has 5 aliphatic carbocycles. The van der Waals surface area contributed by atoms with Crippen molar-refractivity contribution in [2.75, 3.05) is 41.0 Å². The monoisotopic (exact) mass is 453 g/mol. The van der Waals surface area contributed by atoms with Gasteiger partial charge >= 0.3 is 0 Å². The van der Waals surface area contributed by atoms with Gasteiger partial charge in [0, 0.05) is 68.4 Å². The van der Waals surface area contributed by atoms with E-state index in [0.717, 1.165) is 19.5 Å². The van der Waals surface area contributed by atoms with Crippen molar-refractivity contribution in [2.45, 2.75) is 68.3 Å². The summed E-state index contributed by atoms with van der Waals surface area (Å²) in [5.41, 5.74) is -2.24. The molecule has 0 amide bonds. The molecule has 8 nitrogen and oxygen atoms in total. The molecule has 14 atom stereocenters. The summed E-state index contributed by atoms with van der Waals surface area (Å²) in [6.45, 7) is 4.33. The van der Waals surface area contributed by atoms with Crippen molar-refractivity contribution in [2.24, 2.45) is 40.4 Å². The number of methoxy groups -OCH3 is 3. The van der Waals surface area contributed by atoms with Crippen LogP contribution in [0.5, 0.6) is 0 Å². The molecule has 7 bridgehead atoms. The SMILES string of the molecule is CCN1C[C@]2(COC)CCC(O)C34C5CC6C(O)C5[C@@](O)(C(C(OC)[C@@H]32)C14)C(O)[C@@H]6OC. The van der Waals surface area contributed by atoms with Crippen molar-refractivity contribution in [1.29, 1.82) is 0 Å². The van der Waals surface area contributed by atoms with E-state index in [1.54, 1.807) is 21.3 Å². The van der Waals surface area contributed by atoms with Gasteiger partial charge in [-0.2, -0.15) is 0 Å². The fraction of sp³-hybridized carbons (Fsp3) is 1.00. The summed E-state index contributed by atoms with van der Waals surface area (Å²) >= 11 is 0. The maximum atomic E-state index is 12.5. The van der Waals surface area contributed by atoms with Crippen molar-refractivity contribution in [3.05, 3.63) is 0 Å². The third kappa shape index (κ3) is 2.07. The van der Waals surface area contributed by atoms with Crippen LogP contribution in [0.3, 0.4) is 0 Å². The minimum atomic E-state index is -1.54. The van der Waals surface area contributed by atoms with Gasteiger partial charge in [0.05, 0.1) is 31.0 Å². The Balaban J connectivity index is 1.64. The molecule has 1 aliphatic heterocycles. The Hall–Kier alpha value is -0.320. The average Bonchev–Trinajstić information content (AvgIpc) is 3.19. The number of fused-ring (bicyclic) bond motifs is 2. The van der Waals surface area contributed by atoms with Gasteiger partial charge in [0.25, 0.3) is 0 Å². The highest BCUT2D eigenvalue weighted by molar-refractivity contribution is 5.36. The Morgan fingerprint density at radius 2 is 1.75 bits per heavy atom. The van der Waals surface area contributed by atoms with Gasteiger partial charge in [0.1, 0.15) is 11.7 Å². The molecule has 1 heterocycles. The van der Waals surface area contributed by atoms with E-state index in [1.165, 1.54) is 0 Å². The van der Waals surface area contributed by atoms with Crippen LogP contribution in [0, 0.1) is 40.4 Å². The van der Waals surface area contributed by atoms with E-state index in [4.69, 9.17) is 14.2 Å². The summed E-state index contributed by atoms with van der Waals surface area (Å²) in [5, 5.41) is 47.3. The van der Waals surface area contributed by atoms with Crippen LogP contribution >= 0.6 is 0 Å². The predicted octanol–water partition coefficient (Wildman–Crippen LogP) is -0.527. The van der Waals surface area contributed by atoms with E-state index < -0.39 is 47.3 Å². The van der Waals surface area contributed by atoms with E-state index in [9.17, 15) is 20.4 Å². The molecule has 6 aliphatic rings. The Kier molecular flexibility index (Phi) is 4.76. The first kappa shape index (κ1) is 22.2. The summed E-state index contributed by atoms with van der Waals surface area (Å²) in [6.07, 6.45) is -1.22. The first-order valence-electron chi connectivity index (χ1n) is 12.3. The first-order valence-corrected chi connectivity index (χ1v) is 12.3. The Morgan fingerprint density at radius 3 is 2.38 bits per heavy atom. The molecule has 8 heteroatoms. The van der Waals surface area contributed by atoms with Crippen LogP contribution in [-0.4, -0.2) is 109 Å². The smallest absolute Gasteiger partial charge is 0.110 e. The minimum absolute atomic E-state index is 0.000250. The maximum absolute atomic E-state index is 12.5. The normalized spacial score (nSPS) is 62.4. The Morgan fingerprint density at radius 1 is 1.03 bits per heavy atom. The number of aliphatic hydroxyl groups is 4. The fourth-order valence-corrected chi connectivity index (χ4v) is 10.7. The van der Waals surface area contributed by atoms with Crippen molar-refractivity contribution in [1.82, 2.24) is 4.90 Å². The highest BCUT2D eigenvalue weighted by atomic mass is 16.5. The lowest BCUT2D eigenvalue weighted by Gasteiger charge is -2.69. The second-order valence-corrected chi connectivity index (χ2v) is 11.6. The number of nitrogens with zero attached hydrogens (tertiary/aromatic N) is 1. The molecular formula is C24H39NO7. The molecule has 1 spiro atoms. The lowest BCUT2D eigenvalue weighted by molar-refractivity contribution is -0.297. The van der Waals surface area contributed by atoms with Gasteiger partial charge < -0.3 is 34.6 Å². The van der Waals surface area contributed by atoms with Crippen LogP contribution < -0.4 is 0 Å². The molecular weight excluding hydrogens is 414 g/mol. The van der Waals surface area contributed by atoms with Crippen molar-refractivity contribution in [3.63, 3.8) is 0 Å². The number of piperidine rings is 1. The largest absolute Gasteiger partial charge is 0.392 e. The lowest BCUT2D eigenvalue weighted by Crippen LogP contribution is -2.78. The Bertz CT molecular complexity index is 783.